The minimum absolute atomic E-state index is 0.0588. The minimum Gasteiger partial charge on any atom is -0.478 e. The number of esters is 2. The van der Waals surface area contributed by atoms with Gasteiger partial charge < -0.3 is 14.6 Å². The van der Waals surface area contributed by atoms with Gasteiger partial charge in [0.25, 0.3) is 0 Å². The van der Waals surface area contributed by atoms with E-state index in [1.54, 1.807) is 12.1 Å². The standard InChI is InChI=1S/C39H52O7/c1-34(2)28-13-16-39(7)30(37(28,5)15-14-29(34)46-32(43)24-12-10-9-11-23(24)31(41)42)27(40)21-25-26-22-36(4,33(44)45-8)18-17-35(26,3)19-20-38(25,39)6/h9-12,21,26,28-30H,13-20,22H2,1-8H3,(H,41,42)/t26-,28-,29-,30+,35+,36-,37-,38+,39+/m0/s1. The van der Waals surface area contributed by atoms with Gasteiger partial charge in [-0.1, -0.05) is 59.2 Å². The van der Waals surface area contributed by atoms with E-state index >= 15 is 0 Å². The van der Waals surface area contributed by atoms with Crippen molar-refractivity contribution in [2.45, 2.75) is 112 Å². The third kappa shape index (κ3) is 4.42. The maximum Gasteiger partial charge on any atom is 0.339 e. The summed E-state index contributed by atoms with van der Waals surface area (Å²) < 4.78 is 11.4. The second kappa shape index (κ2) is 10.5. The smallest absolute Gasteiger partial charge is 0.339 e. The summed E-state index contributed by atoms with van der Waals surface area (Å²) in [6, 6.07) is 6.20. The topological polar surface area (TPSA) is 107 Å². The molecule has 1 aromatic carbocycles. The lowest BCUT2D eigenvalue weighted by Crippen LogP contribution is -2.66. The highest BCUT2D eigenvalue weighted by Crippen LogP contribution is 2.75. The number of allylic oxidation sites excluding steroid dienone is 2. The molecule has 0 radical (unpaired) electrons. The first kappa shape index (κ1) is 33.0. The first-order valence-corrected chi connectivity index (χ1v) is 17.3. The average molecular weight is 633 g/mol. The quantitative estimate of drug-likeness (QED) is 0.335. The van der Waals surface area contributed by atoms with Crippen LogP contribution in [0.3, 0.4) is 0 Å². The Hall–Kier alpha value is -2.96. The van der Waals surface area contributed by atoms with Gasteiger partial charge >= 0.3 is 17.9 Å². The Morgan fingerprint density at radius 1 is 0.848 bits per heavy atom. The molecular formula is C39H52O7. The highest BCUT2D eigenvalue weighted by molar-refractivity contribution is 6.02. The molecule has 5 aliphatic carbocycles. The van der Waals surface area contributed by atoms with Crippen LogP contribution in [0.25, 0.3) is 0 Å². The molecule has 0 heterocycles. The predicted octanol–water partition coefficient (Wildman–Crippen LogP) is 8.06. The summed E-state index contributed by atoms with van der Waals surface area (Å²) in [5.74, 6) is -1.53. The fourth-order valence-electron chi connectivity index (χ4n) is 11.8. The number of carbonyl (C=O) groups is 4. The summed E-state index contributed by atoms with van der Waals surface area (Å²) in [7, 11) is 1.48. The summed E-state index contributed by atoms with van der Waals surface area (Å²) in [6.45, 7) is 15.8. The van der Waals surface area contributed by atoms with Gasteiger partial charge in [0.05, 0.1) is 23.7 Å². The Morgan fingerprint density at radius 2 is 1.50 bits per heavy atom. The van der Waals surface area contributed by atoms with Gasteiger partial charge in [-0.3, -0.25) is 9.59 Å². The minimum atomic E-state index is -1.16. The molecule has 0 bridgehead atoms. The van der Waals surface area contributed by atoms with Crippen LogP contribution in [0.4, 0.5) is 0 Å². The second-order valence-electron chi connectivity index (χ2n) is 17.3. The zero-order chi connectivity index (χ0) is 33.7. The van der Waals surface area contributed by atoms with Crippen molar-refractivity contribution >= 4 is 23.7 Å². The highest BCUT2D eigenvalue weighted by atomic mass is 16.5. The van der Waals surface area contributed by atoms with E-state index in [4.69, 9.17) is 9.47 Å². The van der Waals surface area contributed by atoms with Gasteiger partial charge in [-0.25, -0.2) is 9.59 Å². The van der Waals surface area contributed by atoms with Crippen LogP contribution < -0.4 is 0 Å². The summed E-state index contributed by atoms with van der Waals surface area (Å²) in [4.78, 5) is 52.8. The molecule has 4 fully saturated rings. The number of carbonyl (C=O) groups excluding carboxylic acids is 3. The monoisotopic (exact) mass is 632 g/mol. The van der Waals surface area contributed by atoms with Gasteiger partial charge in [0.1, 0.15) is 6.10 Å². The zero-order valence-electron chi connectivity index (χ0n) is 29.0. The maximum atomic E-state index is 14.7. The number of rotatable bonds is 4. The van der Waals surface area contributed by atoms with Crippen LogP contribution in [0, 0.1) is 50.2 Å². The summed E-state index contributed by atoms with van der Waals surface area (Å²) in [5.41, 5.74) is -0.305. The van der Waals surface area contributed by atoms with Crippen LogP contribution in [0.2, 0.25) is 0 Å². The molecule has 0 aliphatic heterocycles. The third-order valence-corrected chi connectivity index (χ3v) is 14.8. The number of methoxy groups -OCH3 is 1. The van der Waals surface area contributed by atoms with Gasteiger partial charge in [0, 0.05) is 11.3 Å². The maximum absolute atomic E-state index is 14.7. The summed E-state index contributed by atoms with van der Waals surface area (Å²) in [6.07, 6.45) is 9.44. The van der Waals surface area contributed by atoms with Crippen molar-refractivity contribution in [2.75, 3.05) is 7.11 Å². The lowest BCUT2D eigenvalue weighted by Gasteiger charge is -2.70. The van der Waals surface area contributed by atoms with Crippen LogP contribution in [0.15, 0.2) is 35.9 Å². The third-order valence-electron chi connectivity index (χ3n) is 14.8. The molecular weight excluding hydrogens is 580 g/mol. The van der Waals surface area contributed by atoms with Gasteiger partial charge in [-0.2, -0.15) is 0 Å². The van der Waals surface area contributed by atoms with Crippen molar-refractivity contribution in [1.82, 2.24) is 0 Å². The number of aromatic carboxylic acids is 1. The molecule has 0 saturated heterocycles. The summed E-state index contributed by atoms with van der Waals surface area (Å²) in [5, 5.41) is 9.65. The molecule has 0 aromatic heterocycles. The second-order valence-corrected chi connectivity index (χ2v) is 17.3. The van der Waals surface area contributed by atoms with Crippen LogP contribution in [-0.2, 0) is 19.1 Å². The Bertz CT molecular complexity index is 1520. The molecule has 0 spiro atoms. The van der Waals surface area contributed by atoms with E-state index in [-0.39, 0.29) is 62.3 Å². The molecule has 0 unspecified atom stereocenters. The van der Waals surface area contributed by atoms with Gasteiger partial charge in [0.15, 0.2) is 5.78 Å². The van der Waals surface area contributed by atoms with E-state index in [1.807, 2.05) is 13.0 Å². The molecule has 1 aromatic rings. The lowest BCUT2D eigenvalue weighted by atomic mass is 9.33. The van der Waals surface area contributed by atoms with Crippen molar-refractivity contribution in [3.63, 3.8) is 0 Å². The molecule has 250 valence electrons. The molecule has 4 saturated carbocycles. The van der Waals surface area contributed by atoms with E-state index in [1.165, 1.54) is 24.8 Å². The molecule has 9 atom stereocenters. The predicted molar refractivity (Wildman–Crippen MR) is 174 cm³/mol. The van der Waals surface area contributed by atoms with Crippen LogP contribution in [0.5, 0.6) is 0 Å². The highest BCUT2D eigenvalue weighted by Gasteiger charge is 2.70. The van der Waals surface area contributed by atoms with Crippen LogP contribution >= 0.6 is 0 Å². The molecule has 6 rings (SSSR count). The molecule has 7 heteroatoms. The van der Waals surface area contributed by atoms with E-state index in [9.17, 15) is 24.3 Å². The number of hydrogen-bond donors (Lipinski definition) is 1. The normalized spacial score (nSPS) is 42.7. The Morgan fingerprint density at radius 3 is 2.15 bits per heavy atom. The largest absolute Gasteiger partial charge is 0.478 e. The molecule has 7 nitrogen and oxygen atoms in total. The number of hydrogen-bond acceptors (Lipinski definition) is 6. The van der Waals surface area contributed by atoms with E-state index in [0.717, 1.165) is 51.4 Å². The first-order valence-electron chi connectivity index (χ1n) is 17.3. The van der Waals surface area contributed by atoms with Crippen molar-refractivity contribution in [2.24, 2.45) is 50.2 Å². The molecule has 46 heavy (non-hydrogen) atoms. The Balaban J connectivity index is 1.33. The molecule has 5 aliphatic rings. The van der Waals surface area contributed by atoms with Crippen LogP contribution in [0.1, 0.15) is 127 Å². The number of fused-ring (bicyclic) bond motifs is 7. The fraction of sp³-hybridized carbons (Fsp3) is 0.692. The van der Waals surface area contributed by atoms with Crippen LogP contribution in [-0.4, -0.2) is 42.0 Å². The average Bonchev–Trinajstić information content (AvgIpc) is 2.99. The lowest BCUT2D eigenvalue weighted by molar-refractivity contribution is -0.202. The number of ether oxygens (including phenoxy) is 2. The zero-order valence-corrected chi connectivity index (χ0v) is 29.0. The number of carboxylic acid groups (broad SMARTS) is 1. The van der Waals surface area contributed by atoms with E-state index < -0.39 is 28.9 Å². The van der Waals surface area contributed by atoms with Gasteiger partial charge in [-0.05, 0) is 116 Å². The Labute approximate surface area is 273 Å². The van der Waals surface area contributed by atoms with Crippen molar-refractivity contribution in [3.8, 4) is 0 Å². The SMILES string of the molecule is COC(=O)[C@@]1(C)CC[C@]2(C)CC[C@]3(C)C(=CC(=O)[C@@H]4[C@@]5(C)CC[C@H](OC(=O)c6ccccc6C(=O)O)C(C)(C)[C@@H]5CC[C@]43C)[C@@H]2C1. The van der Waals surface area contributed by atoms with Gasteiger partial charge in [-0.15, -0.1) is 0 Å². The first-order chi connectivity index (χ1) is 21.4. The number of carboxylic acids is 1. The number of ketones is 1. The van der Waals surface area contributed by atoms with Crippen molar-refractivity contribution in [1.29, 1.82) is 0 Å². The fourth-order valence-corrected chi connectivity index (χ4v) is 11.8. The van der Waals surface area contributed by atoms with Crippen molar-refractivity contribution < 1.29 is 33.8 Å². The number of benzene rings is 1. The molecule has 0 amide bonds. The van der Waals surface area contributed by atoms with Gasteiger partial charge in [0.2, 0.25) is 0 Å². The summed E-state index contributed by atoms with van der Waals surface area (Å²) >= 11 is 0. The van der Waals surface area contributed by atoms with Crippen molar-refractivity contribution in [3.05, 3.63) is 47.0 Å². The Kier molecular flexibility index (Phi) is 7.54. The van der Waals surface area contributed by atoms with E-state index in [2.05, 4.69) is 41.5 Å². The molecule has 1 N–H and O–H groups in total. The van der Waals surface area contributed by atoms with E-state index in [0.29, 0.717) is 6.42 Å².